The third-order valence-corrected chi connectivity index (χ3v) is 7.73. The van der Waals surface area contributed by atoms with E-state index in [1.54, 1.807) is 19.2 Å². The van der Waals surface area contributed by atoms with Gasteiger partial charge in [0.25, 0.3) is 5.91 Å². The van der Waals surface area contributed by atoms with Crippen molar-refractivity contribution in [2.45, 2.75) is 17.6 Å². The number of H-pyrrole nitrogens is 1. The van der Waals surface area contributed by atoms with Crippen molar-refractivity contribution in [2.75, 3.05) is 20.0 Å². The lowest BCUT2D eigenvalue weighted by Gasteiger charge is -2.22. The molecular formula is C31H27N5O3S. The second kappa shape index (κ2) is 11.2. The molecule has 1 aliphatic heterocycles. The van der Waals surface area contributed by atoms with Gasteiger partial charge in [-0.25, -0.2) is 9.99 Å². The maximum Gasteiger partial charge on any atom is 0.253 e. The van der Waals surface area contributed by atoms with Crippen molar-refractivity contribution in [1.82, 2.24) is 20.2 Å². The molecule has 2 heterocycles. The molecule has 8 nitrogen and oxygen atoms in total. The summed E-state index contributed by atoms with van der Waals surface area (Å²) in [4.78, 5) is 18.1. The summed E-state index contributed by atoms with van der Waals surface area (Å²) in [5, 5.41) is 16.5. The fraction of sp³-hybridized carbons (Fsp3) is 0.161. The van der Waals surface area contributed by atoms with E-state index in [9.17, 15) is 4.79 Å². The SMILES string of the molecule is COc1ccc(-c2nc(SCC(=O)N3N=C(c4ccc5ccccc5c4)C[C@@H]3c3ccc(OC)cc3)n[nH]2)cc1. The lowest BCUT2D eigenvalue weighted by molar-refractivity contribution is -0.130. The molecule has 1 aromatic heterocycles. The molecule has 6 rings (SSSR count). The predicted octanol–water partition coefficient (Wildman–Crippen LogP) is 6.11. The van der Waals surface area contributed by atoms with Crippen molar-refractivity contribution in [1.29, 1.82) is 0 Å². The maximum absolute atomic E-state index is 13.6. The maximum atomic E-state index is 13.6. The monoisotopic (exact) mass is 549 g/mol. The highest BCUT2D eigenvalue weighted by Gasteiger charge is 2.33. The highest BCUT2D eigenvalue weighted by atomic mass is 32.2. The Labute approximate surface area is 236 Å². The van der Waals surface area contributed by atoms with Gasteiger partial charge in [-0.05, 0) is 64.4 Å². The number of nitrogens with zero attached hydrogens (tertiary/aromatic N) is 4. The van der Waals surface area contributed by atoms with Crippen molar-refractivity contribution in [3.05, 3.63) is 102 Å². The average Bonchev–Trinajstić information content (AvgIpc) is 3.68. The van der Waals surface area contributed by atoms with Crippen LogP contribution in [-0.2, 0) is 4.79 Å². The first-order chi connectivity index (χ1) is 19.6. The summed E-state index contributed by atoms with van der Waals surface area (Å²) in [6.07, 6.45) is 0.614. The number of aromatic nitrogens is 3. The third kappa shape index (κ3) is 5.28. The zero-order chi connectivity index (χ0) is 27.5. The number of hydrogen-bond donors (Lipinski definition) is 1. The molecule has 0 spiro atoms. The van der Waals surface area contributed by atoms with Gasteiger partial charge in [0.15, 0.2) is 5.82 Å². The van der Waals surface area contributed by atoms with E-state index < -0.39 is 0 Å². The molecule has 9 heteroatoms. The second-order valence-corrected chi connectivity index (χ2v) is 10.3. The molecule has 1 amide bonds. The molecule has 0 fully saturated rings. The summed E-state index contributed by atoms with van der Waals surface area (Å²) in [7, 11) is 3.27. The molecule has 1 atom stereocenters. The molecule has 0 bridgehead atoms. The number of amides is 1. The molecular weight excluding hydrogens is 522 g/mol. The number of fused-ring (bicyclic) bond motifs is 1. The summed E-state index contributed by atoms with van der Waals surface area (Å²) in [6.45, 7) is 0. The van der Waals surface area contributed by atoms with E-state index >= 15 is 0 Å². The van der Waals surface area contributed by atoms with Crippen LogP contribution in [0.15, 0.2) is 101 Å². The Morgan fingerprint density at radius 2 is 1.57 bits per heavy atom. The van der Waals surface area contributed by atoms with Gasteiger partial charge in [-0.3, -0.25) is 9.89 Å². The van der Waals surface area contributed by atoms with Crippen LogP contribution in [0.3, 0.4) is 0 Å². The van der Waals surface area contributed by atoms with E-state index in [1.807, 2.05) is 60.7 Å². The van der Waals surface area contributed by atoms with Gasteiger partial charge in [-0.2, -0.15) is 5.10 Å². The lowest BCUT2D eigenvalue weighted by Crippen LogP contribution is -2.28. The lowest BCUT2D eigenvalue weighted by atomic mass is 9.97. The summed E-state index contributed by atoms with van der Waals surface area (Å²) in [5.41, 5.74) is 3.77. The van der Waals surface area contributed by atoms with Crippen LogP contribution in [0.2, 0.25) is 0 Å². The second-order valence-electron chi connectivity index (χ2n) is 9.32. The van der Waals surface area contributed by atoms with Crippen molar-refractivity contribution >= 4 is 34.2 Å². The standard InChI is InChI=1S/C31H27N5O3S/c1-38-25-13-9-21(10-14-25)28-18-27(24-8-7-20-5-3-4-6-23(20)17-24)35-36(28)29(37)19-40-31-32-30(33-34-31)22-11-15-26(39-2)16-12-22/h3-17,28H,18-19H2,1-2H3,(H,32,33,34)/t28-/m1/s1. The Kier molecular flexibility index (Phi) is 7.20. The first-order valence-electron chi connectivity index (χ1n) is 12.8. The highest BCUT2D eigenvalue weighted by molar-refractivity contribution is 7.99. The van der Waals surface area contributed by atoms with E-state index in [0.29, 0.717) is 17.4 Å². The normalized spacial score (nSPS) is 14.8. The van der Waals surface area contributed by atoms with Crippen LogP contribution in [0.4, 0.5) is 0 Å². The molecule has 0 unspecified atom stereocenters. The molecule has 0 saturated carbocycles. The largest absolute Gasteiger partial charge is 0.497 e. The van der Waals surface area contributed by atoms with E-state index in [-0.39, 0.29) is 17.7 Å². The van der Waals surface area contributed by atoms with Crippen LogP contribution < -0.4 is 9.47 Å². The van der Waals surface area contributed by atoms with Crippen LogP contribution in [0.5, 0.6) is 11.5 Å². The summed E-state index contributed by atoms with van der Waals surface area (Å²) >= 11 is 1.28. The first-order valence-corrected chi connectivity index (χ1v) is 13.8. The first kappa shape index (κ1) is 25.6. The Balaban J connectivity index is 1.22. The van der Waals surface area contributed by atoms with Crippen molar-refractivity contribution in [3.8, 4) is 22.9 Å². The fourth-order valence-electron chi connectivity index (χ4n) is 4.75. The molecule has 1 aliphatic rings. The number of rotatable bonds is 8. The molecule has 0 aliphatic carbocycles. The van der Waals surface area contributed by atoms with Gasteiger partial charge >= 0.3 is 0 Å². The number of thioether (sulfide) groups is 1. The average molecular weight is 550 g/mol. The van der Waals surface area contributed by atoms with Crippen molar-refractivity contribution in [3.63, 3.8) is 0 Å². The van der Waals surface area contributed by atoms with Gasteiger partial charge in [0.2, 0.25) is 5.16 Å². The summed E-state index contributed by atoms with van der Waals surface area (Å²) in [6, 6.07) is 29.7. The number of benzene rings is 4. The molecule has 40 heavy (non-hydrogen) atoms. The van der Waals surface area contributed by atoms with Gasteiger partial charge < -0.3 is 9.47 Å². The Hall–Kier alpha value is -4.63. The molecule has 0 saturated heterocycles. The van der Waals surface area contributed by atoms with Crippen molar-refractivity contribution in [2.24, 2.45) is 5.10 Å². The number of carbonyl (C=O) groups excluding carboxylic acids is 1. The zero-order valence-corrected chi connectivity index (χ0v) is 22.9. The molecule has 4 aromatic carbocycles. The highest BCUT2D eigenvalue weighted by Crippen LogP contribution is 2.35. The van der Waals surface area contributed by atoms with Crippen LogP contribution in [0.25, 0.3) is 22.2 Å². The molecule has 5 aromatic rings. The minimum absolute atomic E-state index is 0.114. The van der Waals surface area contributed by atoms with Gasteiger partial charge in [0.1, 0.15) is 11.5 Å². The Bertz CT molecular complexity index is 1680. The number of nitrogens with one attached hydrogen (secondary N) is 1. The minimum atomic E-state index is -0.220. The predicted molar refractivity (Wildman–Crippen MR) is 157 cm³/mol. The van der Waals surface area contributed by atoms with E-state index in [1.165, 1.54) is 17.1 Å². The number of ether oxygens (including phenoxy) is 2. The fourth-order valence-corrected chi connectivity index (χ4v) is 5.40. The van der Waals surface area contributed by atoms with Crippen LogP contribution in [0, 0.1) is 0 Å². The number of hydrogen-bond acceptors (Lipinski definition) is 7. The van der Waals surface area contributed by atoms with E-state index in [0.717, 1.165) is 39.3 Å². The van der Waals surface area contributed by atoms with Crippen LogP contribution in [0.1, 0.15) is 23.6 Å². The molecule has 200 valence electrons. The topological polar surface area (TPSA) is 92.7 Å². The molecule has 0 radical (unpaired) electrons. The Morgan fingerprint density at radius 3 is 2.30 bits per heavy atom. The number of methoxy groups -OCH3 is 2. The summed E-state index contributed by atoms with van der Waals surface area (Å²) < 4.78 is 10.6. The van der Waals surface area contributed by atoms with Crippen molar-refractivity contribution < 1.29 is 14.3 Å². The van der Waals surface area contributed by atoms with E-state index in [4.69, 9.17) is 14.6 Å². The molecule has 1 N–H and O–H groups in total. The van der Waals surface area contributed by atoms with Gasteiger partial charge in [-0.15, -0.1) is 5.10 Å². The van der Waals surface area contributed by atoms with Gasteiger partial charge in [0, 0.05) is 12.0 Å². The quantitative estimate of drug-likeness (QED) is 0.235. The number of carbonyl (C=O) groups is 1. The van der Waals surface area contributed by atoms with Crippen LogP contribution in [-0.4, -0.2) is 51.8 Å². The van der Waals surface area contributed by atoms with Gasteiger partial charge in [-0.1, -0.05) is 60.3 Å². The van der Waals surface area contributed by atoms with Gasteiger partial charge in [0.05, 0.1) is 31.7 Å². The smallest absolute Gasteiger partial charge is 0.253 e. The zero-order valence-electron chi connectivity index (χ0n) is 22.1. The number of aromatic amines is 1. The van der Waals surface area contributed by atoms with Crippen LogP contribution >= 0.6 is 11.8 Å². The number of hydrazone groups is 1. The van der Waals surface area contributed by atoms with E-state index in [2.05, 4.69) is 45.5 Å². The Morgan fingerprint density at radius 1 is 0.900 bits per heavy atom. The summed E-state index contributed by atoms with van der Waals surface area (Å²) in [5.74, 6) is 2.21. The minimum Gasteiger partial charge on any atom is -0.497 e. The third-order valence-electron chi connectivity index (χ3n) is 6.90.